The summed E-state index contributed by atoms with van der Waals surface area (Å²) in [7, 11) is 0. The summed E-state index contributed by atoms with van der Waals surface area (Å²) >= 11 is 0. The Bertz CT molecular complexity index is 633. The van der Waals surface area contributed by atoms with Crippen LogP contribution in [0.2, 0.25) is 0 Å². The molecule has 0 spiro atoms. The summed E-state index contributed by atoms with van der Waals surface area (Å²) in [5.41, 5.74) is 3.84. The number of Topliss-reactive ketones (excluding diaryl/α,β-unsaturated/α-hetero) is 1. The summed E-state index contributed by atoms with van der Waals surface area (Å²) < 4.78 is 5.29. The Balaban J connectivity index is 1.65. The number of amides is 2. The van der Waals surface area contributed by atoms with E-state index < -0.39 is 17.2 Å². The van der Waals surface area contributed by atoms with Crippen LogP contribution in [0.1, 0.15) is 73.1 Å². The summed E-state index contributed by atoms with van der Waals surface area (Å²) in [6.07, 6.45) is 4.66. The average Bonchev–Trinajstić information content (AvgIpc) is 2.47. The van der Waals surface area contributed by atoms with Gasteiger partial charge in [-0.15, -0.1) is 0 Å². The molecule has 0 aliphatic heterocycles. The van der Waals surface area contributed by atoms with Gasteiger partial charge in [0.2, 0.25) is 5.91 Å². The van der Waals surface area contributed by atoms with E-state index in [-0.39, 0.29) is 17.1 Å². The van der Waals surface area contributed by atoms with Crippen LogP contribution < -0.4 is 11.1 Å². The third-order valence-electron chi connectivity index (χ3n) is 6.92. The lowest BCUT2D eigenvalue weighted by Crippen LogP contribution is -2.57. The lowest BCUT2D eigenvalue weighted by Gasteiger charge is -2.59. The SMILES string of the molecule is CC(C)(C)OC(=O)NC(C)(C)C(=O)CC1C2CC3CC1CC(C(N)=O)(C3)C2. The number of alkyl carbamates (subject to hydrolysis) is 1. The van der Waals surface area contributed by atoms with E-state index in [1.54, 1.807) is 34.6 Å². The molecule has 3 N–H and O–H groups in total. The van der Waals surface area contributed by atoms with E-state index in [9.17, 15) is 14.4 Å². The van der Waals surface area contributed by atoms with Crippen LogP contribution in [0.3, 0.4) is 0 Å². The molecule has 4 aliphatic carbocycles. The quantitative estimate of drug-likeness (QED) is 0.767. The van der Waals surface area contributed by atoms with Gasteiger partial charge in [-0.1, -0.05) is 0 Å². The van der Waals surface area contributed by atoms with E-state index in [2.05, 4.69) is 5.32 Å². The molecule has 0 aromatic heterocycles. The molecule has 6 nitrogen and oxygen atoms in total. The van der Waals surface area contributed by atoms with Gasteiger partial charge >= 0.3 is 6.09 Å². The lowest BCUT2D eigenvalue weighted by atomic mass is 9.45. The highest BCUT2D eigenvalue weighted by Gasteiger charge is 2.58. The van der Waals surface area contributed by atoms with Crippen molar-refractivity contribution in [1.29, 1.82) is 0 Å². The first-order valence-electron chi connectivity index (χ1n) is 10.2. The van der Waals surface area contributed by atoms with Crippen LogP contribution in [0, 0.1) is 29.1 Å². The van der Waals surface area contributed by atoms with Crippen molar-refractivity contribution < 1.29 is 19.1 Å². The van der Waals surface area contributed by atoms with Crippen molar-refractivity contribution in [2.45, 2.75) is 84.3 Å². The van der Waals surface area contributed by atoms with Crippen molar-refractivity contribution in [3.8, 4) is 0 Å². The molecule has 0 saturated heterocycles. The highest BCUT2D eigenvalue weighted by Crippen LogP contribution is 2.62. The van der Waals surface area contributed by atoms with Crippen LogP contribution in [0.15, 0.2) is 0 Å². The van der Waals surface area contributed by atoms with Crippen molar-refractivity contribution >= 4 is 17.8 Å². The van der Waals surface area contributed by atoms with Crippen LogP contribution in [-0.4, -0.2) is 28.9 Å². The molecule has 2 atom stereocenters. The standard InChI is InChI=1S/C21H34N2O4/c1-19(2,3)27-18(26)23-20(4,5)16(24)8-15-13-6-12-7-14(15)11-21(9-12,10-13)17(22)25/h12-15H,6-11H2,1-5H3,(H2,22,25)(H,23,26). The van der Waals surface area contributed by atoms with Crippen LogP contribution in [0.4, 0.5) is 4.79 Å². The summed E-state index contributed by atoms with van der Waals surface area (Å²) in [6.45, 7) is 8.86. The molecule has 2 unspecified atom stereocenters. The summed E-state index contributed by atoms with van der Waals surface area (Å²) in [6, 6.07) is 0. The van der Waals surface area contributed by atoms with Gasteiger partial charge in [-0.3, -0.25) is 9.59 Å². The van der Waals surface area contributed by atoms with Crippen LogP contribution in [0.25, 0.3) is 0 Å². The Kier molecular flexibility index (Phi) is 4.84. The topological polar surface area (TPSA) is 98.5 Å². The zero-order chi connectivity index (χ0) is 20.2. The molecule has 6 heteroatoms. The molecule has 0 radical (unpaired) electrons. The van der Waals surface area contributed by atoms with E-state index in [0.717, 1.165) is 32.1 Å². The van der Waals surface area contributed by atoms with E-state index in [1.165, 1.54) is 0 Å². The molecule has 0 aromatic carbocycles. The Hall–Kier alpha value is -1.59. The van der Waals surface area contributed by atoms with Gasteiger partial charge in [-0.2, -0.15) is 0 Å². The molecule has 4 aliphatic rings. The third kappa shape index (κ3) is 3.99. The van der Waals surface area contributed by atoms with Gasteiger partial charge < -0.3 is 15.8 Å². The molecule has 27 heavy (non-hydrogen) atoms. The molecule has 4 saturated carbocycles. The Morgan fingerprint density at radius 1 is 1.04 bits per heavy atom. The Morgan fingerprint density at radius 3 is 2.07 bits per heavy atom. The molecule has 4 bridgehead atoms. The highest BCUT2D eigenvalue weighted by molar-refractivity contribution is 5.91. The predicted octanol–water partition coefficient (Wildman–Crippen LogP) is 3.18. The number of carbonyl (C=O) groups is 3. The fourth-order valence-corrected chi connectivity index (χ4v) is 5.86. The lowest BCUT2D eigenvalue weighted by molar-refractivity contribution is -0.152. The molecule has 4 fully saturated rings. The summed E-state index contributed by atoms with van der Waals surface area (Å²) in [5.74, 6) is 1.53. The second-order valence-electron chi connectivity index (χ2n) is 10.7. The maximum atomic E-state index is 13.0. The van der Waals surface area contributed by atoms with E-state index in [4.69, 9.17) is 10.5 Å². The van der Waals surface area contributed by atoms with E-state index in [0.29, 0.717) is 30.1 Å². The number of carbonyl (C=O) groups excluding carboxylic acids is 3. The van der Waals surface area contributed by atoms with Gasteiger partial charge in [-0.25, -0.2) is 4.79 Å². The number of hydrogen-bond acceptors (Lipinski definition) is 4. The summed E-state index contributed by atoms with van der Waals surface area (Å²) in [4.78, 5) is 37.2. The minimum absolute atomic E-state index is 0.0268. The van der Waals surface area contributed by atoms with Gasteiger partial charge in [-0.05, 0) is 90.4 Å². The fourth-order valence-electron chi connectivity index (χ4n) is 5.86. The maximum Gasteiger partial charge on any atom is 0.408 e. The summed E-state index contributed by atoms with van der Waals surface area (Å²) in [5, 5.41) is 2.73. The fraction of sp³-hybridized carbons (Fsp3) is 0.857. The molecule has 0 aromatic rings. The van der Waals surface area contributed by atoms with Gasteiger partial charge in [0.25, 0.3) is 0 Å². The van der Waals surface area contributed by atoms with Gasteiger partial charge in [0.1, 0.15) is 5.60 Å². The number of rotatable bonds is 5. The normalized spacial score (nSPS) is 35.0. The minimum Gasteiger partial charge on any atom is -0.444 e. The second-order valence-corrected chi connectivity index (χ2v) is 10.7. The van der Waals surface area contributed by atoms with Gasteiger partial charge in [0.05, 0.1) is 5.54 Å². The van der Waals surface area contributed by atoms with Crippen molar-refractivity contribution in [1.82, 2.24) is 5.32 Å². The first-order chi connectivity index (χ1) is 12.3. The van der Waals surface area contributed by atoms with Gasteiger partial charge in [0.15, 0.2) is 5.78 Å². The zero-order valence-corrected chi connectivity index (χ0v) is 17.3. The third-order valence-corrected chi connectivity index (χ3v) is 6.92. The van der Waals surface area contributed by atoms with Crippen LogP contribution >= 0.6 is 0 Å². The average molecular weight is 379 g/mol. The van der Waals surface area contributed by atoms with Crippen molar-refractivity contribution in [3.63, 3.8) is 0 Å². The van der Waals surface area contributed by atoms with Crippen molar-refractivity contribution in [3.05, 3.63) is 0 Å². The minimum atomic E-state index is -0.974. The molecular weight excluding hydrogens is 344 g/mol. The molecule has 4 rings (SSSR count). The monoisotopic (exact) mass is 378 g/mol. The highest BCUT2D eigenvalue weighted by atomic mass is 16.6. The number of ketones is 1. The second kappa shape index (κ2) is 6.49. The van der Waals surface area contributed by atoms with E-state index in [1.807, 2.05) is 0 Å². The molecule has 152 valence electrons. The van der Waals surface area contributed by atoms with Crippen LogP contribution in [-0.2, 0) is 14.3 Å². The molecular formula is C21H34N2O4. The number of hydrogen-bond donors (Lipinski definition) is 2. The zero-order valence-electron chi connectivity index (χ0n) is 17.3. The number of primary amides is 1. The maximum absolute atomic E-state index is 13.0. The molecule has 2 amide bonds. The first-order valence-corrected chi connectivity index (χ1v) is 10.2. The molecule has 0 heterocycles. The largest absolute Gasteiger partial charge is 0.444 e. The van der Waals surface area contributed by atoms with Crippen LogP contribution in [0.5, 0.6) is 0 Å². The number of ether oxygens (including phenoxy) is 1. The first kappa shape index (κ1) is 20.2. The Labute approximate surface area is 162 Å². The number of nitrogens with one attached hydrogen (secondary N) is 1. The van der Waals surface area contributed by atoms with Crippen molar-refractivity contribution in [2.24, 2.45) is 34.8 Å². The van der Waals surface area contributed by atoms with Gasteiger partial charge in [0, 0.05) is 11.8 Å². The van der Waals surface area contributed by atoms with E-state index >= 15 is 0 Å². The predicted molar refractivity (Wildman–Crippen MR) is 102 cm³/mol. The van der Waals surface area contributed by atoms with Crippen molar-refractivity contribution in [2.75, 3.05) is 0 Å². The number of nitrogens with two attached hydrogens (primary N) is 1. The Morgan fingerprint density at radius 2 is 1.59 bits per heavy atom. The smallest absolute Gasteiger partial charge is 0.408 e.